The Kier molecular flexibility index (Phi) is 2.63. The van der Waals surface area contributed by atoms with Crippen LogP contribution in [0.5, 0.6) is 0 Å². The number of hydrogen-bond acceptors (Lipinski definition) is 3. The molecule has 0 amide bonds. The number of ketones is 1. The summed E-state index contributed by atoms with van der Waals surface area (Å²) in [6.07, 6.45) is 5.16. The van der Waals surface area contributed by atoms with E-state index in [1.807, 2.05) is 24.0 Å². The summed E-state index contributed by atoms with van der Waals surface area (Å²) >= 11 is 0. The van der Waals surface area contributed by atoms with E-state index in [-0.39, 0.29) is 0 Å². The van der Waals surface area contributed by atoms with E-state index >= 15 is 0 Å². The summed E-state index contributed by atoms with van der Waals surface area (Å²) in [6, 6.07) is 0. The third-order valence-electron chi connectivity index (χ3n) is 2.70. The van der Waals surface area contributed by atoms with Crippen molar-refractivity contribution in [1.29, 1.82) is 0 Å². The first-order valence-electron chi connectivity index (χ1n) is 4.96. The van der Waals surface area contributed by atoms with Crippen LogP contribution in [-0.4, -0.2) is 33.3 Å². The third-order valence-corrected chi connectivity index (χ3v) is 2.70. The minimum absolute atomic E-state index is 0.390. The van der Waals surface area contributed by atoms with Gasteiger partial charge in [-0.3, -0.25) is 9.69 Å². The van der Waals surface area contributed by atoms with Crippen molar-refractivity contribution in [2.75, 3.05) is 13.1 Å². The van der Waals surface area contributed by atoms with Crippen LogP contribution in [0.1, 0.15) is 18.7 Å². The zero-order valence-electron chi connectivity index (χ0n) is 8.44. The van der Waals surface area contributed by atoms with Crippen LogP contribution in [0.25, 0.3) is 0 Å². The van der Waals surface area contributed by atoms with Gasteiger partial charge in [-0.05, 0) is 0 Å². The average molecular weight is 193 g/mol. The maximum atomic E-state index is 11.0. The second kappa shape index (κ2) is 3.92. The summed E-state index contributed by atoms with van der Waals surface area (Å²) in [7, 11) is 2.00. The van der Waals surface area contributed by atoms with Crippen molar-refractivity contribution < 1.29 is 4.79 Å². The van der Waals surface area contributed by atoms with Crippen LogP contribution in [0.4, 0.5) is 0 Å². The molecule has 1 saturated heterocycles. The van der Waals surface area contributed by atoms with Gasteiger partial charge in [0.1, 0.15) is 11.6 Å². The van der Waals surface area contributed by atoms with Gasteiger partial charge in [0.2, 0.25) is 0 Å². The first-order valence-corrected chi connectivity index (χ1v) is 4.96. The number of imidazole rings is 1. The Labute approximate surface area is 83.5 Å². The summed E-state index contributed by atoms with van der Waals surface area (Å²) < 4.78 is 2.02. The molecule has 1 aliphatic rings. The first-order chi connectivity index (χ1) is 6.75. The molecule has 1 aromatic heterocycles. The molecule has 0 aromatic carbocycles. The third kappa shape index (κ3) is 2.01. The molecule has 1 aliphatic heterocycles. The van der Waals surface area contributed by atoms with Crippen molar-refractivity contribution in [2.45, 2.75) is 19.4 Å². The van der Waals surface area contributed by atoms with Crippen LogP contribution in [0.15, 0.2) is 12.4 Å². The number of rotatable bonds is 2. The van der Waals surface area contributed by atoms with Gasteiger partial charge in [0.05, 0.1) is 6.54 Å². The molecular formula is C10H15N3O. The number of carbonyl (C=O) groups excluding carboxylic acids is 1. The minimum atomic E-state index is 0.390. The Bertz CT molecular complexity index is 322. The highest BCUT2D eigenvalue weighted by Crippen LogP contribution is 2.09. The van der Waals surface area contributed by atoms with Crippen LogP contribution in [-0.2, 0) is 18.4 Å². The lowest BCUT2D eigenvalue weighted by atomic mass is 10.1. The highest BCUT2D eigenvalue weighted by atomic mass is 16.1. The predicted octanol–water partition coefficient (Wildman–Crippen LogP) is 0.585. The Balaban J connectivity index is 1.92. The van der Waals surface area contributed by atoms with Crippen LogP contribution in [0, 0.1) is 0 Å². The van der Waals surface area contributed by atoms with Crippen LogP contribution < -0.4 is 0 Å². The maximum absolute atomic E-state index is 11.0. The molecule has 0 aliphatic carbocycles. The van der Waals surface area contributed by atoms with Gasteiger partial charge in [0.25, 0.3) is 0 Å². The molecule has 0 unspecified atom stereocenters. The topological polar surface area (TPSA) is 38.1 Å². The van der Waals surface area contributed by atoms with Gasteiger partial charge in [-0.25, -0.2) is 4.98 Å². The van der Waals surface area contributed by atoms with E-state index in [4.69, 9.17) is 0 Å². The lowest BCUT2D eigenvalue weighted by Crippen LogP contribution is -2.34. The Morgan fingerprint density at radius 2 is 2.14 bits per heavy atom. The lowest BCUT2D eigenvalue weighted by molar-refractivity contribution is -0.121. The molecule has 2 heterocycles. The van der Waals surface area contributed by atoms with E-state index in [9.17, 15) is 4.79 Å². The second-order valence-electron chi connectivity index (χ2n) is 3.77. The highest BCUT2D eigenvalue weighted by molar-refractivity contribution is 5.79. The molecule has 4 nitrogen and oxygen atoms in total. The number of carbonyl (C=O) groups is 1. The Morgan fingerprint density at radius 3 is 2.71 bits per heavy atom. The SMILES string of the molecule is Cn1ccnc1CN1CCC(=O)CC1. The maximum Gasteiger partial charge on any atom is 0.135 e. The van der Waals surface area contributed by atoms with Crippen LogP contribution >= 0.6 is 0 Å². The molecule has 0 spiro atoms. The second-order valence-corrected chi connectivity index (χ2v) is 3.77. The zero-order chi connectivity index (χ0) is 9.97. The molecule has 0 saturated carbocycles. The first kappa shape index (κ1) is 9.40. The minimum Gasteiger partial charge on any atom is -0.337 e. The molecule has 4 heteroatoms. The normalized spacial score (nSPS) is 18.8. The fraction of sp³-hybridized carbons (Fsp3) is 0.600. The average Bonchev–Trinajstić information content (AvgIpc) is 2.56. The molecule has 1 fully saturated rings. The quantitative estimate of drug-likeness (QED) is 0.689. The van der Waals surface area contributed by atoms with Crippen LogP contribution in [0.2, 0.25) is 0 Å². The van der Waals surface area contributed by atoms with E-state index in [2.05, 4.69) is 9.88 Å². The number of aryl methyl sites for hydroxylation is 1. The van der Waals surface area contributed by atoms with Gasteiger partial charge in [0, 0.05) is 45.4 Å². The zero-order valence-corrected chi connectivity index (χ0v) is 8.44. The number of likely N-dealkylation sites (tertiary alicyclic amines) is 1. The van der Waals surface area contributed by atoms with E-state index in [1.165, 1.54) is 0 Å². The fourth-order valence-electron chi connectivity index (χ4n) is 1.71. The molecular weight excluding hydrogens is 178 g/mol. The van der Waals surface area contributed by atoms with Crippen molar-refractivity contribution in [1.82, 2.24) is 14.5 Å². The summed E-state index contributed by atoms with van der Waals surface area (Å²) in [5.41, 5.74) is 0. The number of nitrogens with zero attached hydrogens (tertiary/aromatic N) is 3. The lowest BCUT2D eigenvalue weighted by Gasteiger charge is -2.25. The molecule has 0 atom stereocenters. The number of aromatic nitrogens is 2. The molecule has 76 valence electrons. The Hall–Kier alpha value is -1.16. The van der Waals surface area contributed by atoms with Crippen LogP contribution in [0.3, 0.4) is 0 Å². The molecule has 14 heavy (non-hydrogen) atoms. The summed E-state index contributed by atoms with van der Waals surface area (Å²) in [5, 5.41) is 0. The Morgan fingerprint density at radius 1 is 1.43 bits per heavy atom. The fourth-order valence-corrected chi connectivity index (χ4v) is 1.71. The van der Waals surface area contributed by atoms with Crippen molar-refractivity contribution in [3.05, 3.63) is 18.2 Å². The monoisotopic (exact) mass is 193 g/mol. The molecule has 2 rings (SSSR count). The number of hydrogen-bond donors (Lipinski definition) is 0. The van der Waals surface area contributed by atoms with Gasteiger partial charge in [0.15, 0.2) is 0 Å². The van der Waals surface area contributed by atoms with Gasteiger partial charge in [-0.15, -0.1) is 0 Å². The molecule has 0 radical (unpaired) electrons. The predicted molar refractivity (Wildman–Crippen MR) is 52.7 cm³/mol. The molecule has 1 aromatic rings. The van der Waals surface area contributed by atoms with Crippen molar-refractivity contribution >= 4 is 5.78 Å². The van der Waals surface area contributed by atoms with E-state index in [0.29, 0.717) is 18.6 Å². The number of piperidine rings is 1. The molecule has 0 N–H and O–H groups in total. The largest absolute Gasteiger partial charge is 0.337 e. The van der Waals surface area contributed by atoms with Gasteiger partial charge < -0.3 is 4.57 Å². The summed E-state index contributed by atoms with van der Waals surface area (Å²) in [6.45, 7) is 2.62. The smallest absolute Gasteiger partial charge is 0.135 e. The van der Waals surface area contributed by atoms with Crippen molar-refractivity contribution in [2.24, 2.45) is 7.05 Å². The standard InChI is InChI=1S/C10H15N3O/c1-12-7-4-11-10(12)8-13-5-2-9(14)3-6-13/h4,7H,2-3,5-6,8H2,1H3. The van der Waals surface area contributed by atoms with Gasteiger partial charge in [-0.2, -0.15) is 0 Å². The summed E-state index contributed by atoms with van der Waals surface area (Å²) in [5.74, 6) is 1.46. The number of Topliss-reactive ketones (excluding diaryl/α,β-unsaturated/α-hetero) is 1. The summed E-state index contributed by atoms with van der Waals surface area (Å²) in [4.78, 5) is 17.6. The highest BCUT2D eigenvalue weighted by Gasteiger charge is 2.17. The van der Waals surface area contributed by atoms with E-state index in [0.717, 1.165) is 25.5 Å². The van der Waals surface area contributed by atoms with E-state index in [1.54, 1.807) is 0 Å². The van der Waals surface area contributed by atoms with Gasteiger partial charge >= 0.3 is 0 Å². The van der Waals surface area contributed by atoms with Gasteiger partial charge in [-0.1, -0.05) is 0 Å². The van der Waals surface area contributed by atoms with E-state index < -0.39 is 0 Å². The van der Waals surface area contributed by atoms with Crippen molar-refractivity contribution in [3.8, 4) is 0 Å². The van der Waals surface area contributed by atoms with Crippen molar-refractivity contribution in [3.63, 3.8) is 0 Å². The molecule has 0 bridgehead atoms.